The molecule has 0 amide bonds. The van der Waals surface area contributed by atoms with Crippen molar-refractivity contribution >= 4 is 5.69 Å². The van der Waals surface area contributed by atoms with Crippen LogP contribution in [0.15, 0.2) is 55.1 Å². The van der Waals surface area contributed by atoms with Crippen LogP contribution in [0.3, 0.4) is 0 Å². The lowest BCUT2D eigenvalue weighted by atomic mass is 10.1. The van der Waals surface area contributed by atoms with Crippen molar-refractivity contribution < 1.29 is 17.6 Å². The number of alkyl halides is 3. The highest BCUT2D eigenvalue weighted by Crippen LogP contribution is 2.30. The lowest BCUT2D eigenvalue weighted by molar-refractivity contribution is -0.137. The van der Waals surface area contributed by atoms with Crippen molar-refractivity contribution in [1.82, 2.24) is 14.8 Å². The molecule has 4 nitrogen and oxygen atoms in total. The topological polar surface area (TPSA) is 42.7 Å². The van der Waals surface area contributed by atoms with Crippen LogP contribution in [0.2, 0.25) is 0 Å². The van der Waals surface area contributed by atoms with E-state index >= 15 is 0 Å². The maximum Gasteiger partial charge on any atom is 0.416 e. The van der Waals surface area contributed by atoms with Crippen LogP contribution in [-0.4, -0.2) is 14.8 Å². The van der Waals surface area contributed by atoms with Crippen LogP contribution in [0, 0.1) is 5.82 Å². The fourth-order valence-electron chi connectivity index (χ4n) is 2.40. The Morgan fingerprint density at radius 2 is 1.84 bits per heavy atom. The molecule has 8 heteroatoms. The molecule has 0 aliphatic heterocycles. The summed E-state index contributed by atoms with van der Waals surface area (Å²) < 4.78 is 53.8. The van der Waals surface area contributed by atoms with Gasteiger partial charge in [-0.1, -0.05) is 18.2 Å². The first-order valence-electron chi connectivity index (χ1n) is 7.43. The van der Waals surface area contributed by atoms with Crippen LogP contribution in [0.5, 0.6) is 0 Å². The van der Waals surface area contributed by atoms with Gasteiger partial charge in [-0.15, -0.1) is 0 Å². The Labute approximate surface area is 141 Å². The summed E-state index contributed by atoms with van der Waals surface area (Å²) in [6.45, 7) is 0.373. The first kappa shape index (κ1) is 16.9. The van der Waals surface area contributed by atoms with E-state index in [1.165, 1.54) is 6.33 Å². The van der Waals surface area contributed by atoms with Crippen LogP contribution in [0.1, 0.15) is 16.7 Å². The van der Waals surface area contributed by atoms with Crippen molar-refractivity contribution in [3.8, 4) is 0 Å². The highest BCUT2D eigenvalue weighted by atomic mass is 19.4. The normalized spacial score (nSPS) is 11.5. The van der Waals surface area contributed by atoms with Gasteiger partial charge in [-0.05, 0) is 29.8 Å². The number of hydrogen-bond donors (Lipinski definition) is 1. The SMILES string of the molecule is Fc1ccc(C(F)(F)F)cc1CNc1ccccc1Cn1cncn1. The number of aromatic nitrogens is 3. The minimum absolute atomic E-state index is 0.0506. The summed E-state index contributed by atoms with van der Waals surface area (Å²) in [7, 11) is 0. The van der Waals surface area contributed by atoms with Crippen molar-refractivity contribution in [2.75, 3.05) is 5.32 Å². The van der Waals surface area contributed by atoms with Gasteiger partial charge in [0.05, 0.1) is 12.1 Å². The zero-order chi connectivity index (χ0) is 17.9. The number of anilines is 1. The molecule has 0 saturated carbocycles. The summed E-state index contributed by atoms with van der Waals surface area (Å²) in [5.41, 5.74) is 0.627. The van der Waals surface area contributed by atoms with Crippen LogP contribution in [0.25, 0.3) is 0 Å². The number of halogens is 4. The number of para-hydroxylation sites is 1. The molecule has 3 aromatic rings. The Kier molecular flexibility index (Phi) is 4.69. The highest BCUT2D eigenvalue weighted by Gasteiger charge is 2.31. The molecule has 0 fully saturated rings. The predicted octanol–water partition coefficient (Wildman–Crippen LogP) is 4.10. The van der Waals surface area contributed by atoms with Crippen molar-refractivity contribution in [2.45, 2.75) is 19.3 Å². The Morgan fingerprint density at radius 1 is 1.04 bits per heavy atom. The van der Waals surface area contributed by atoms with E-state index < -0.39 is 17.6 Å². The zero-order valence-corrected chi connectivity index (χ0v) is 13.0. The van der Waals surface area contributed by atoms with Gasteiger partial charge in [0.1, 0.15) is 18.5 Å². The van der Waals surface area contributed by atoms with Crippen LogP contribution in [-0.2, 0) is 19.3 Å². The van der Waals surface area contributed by atoms with Crippen LogP contribution in [0.4, 0.5) is 23.2 Å². The van der Waals surface area contributed by atoms with Gasteiger partial charge in [0.25, 0.3) is 0 Å². The molecule has 0 radical (unpaired) electrons. The molecule has 0 saturated heterocycles. The lowest BCUT2D eigenvalue weighted by Crippen LogP contribution is -2.10. The van der Waals surface area contributed by atoms with E-state index in [9.17, 15) is 17.6 Å². The van der Waals surface area contributed by atoms with Gasteiger partial charge in [-0.3, -0.25) is 0 Å². The molecule has 0 bridgehead atoms. The molecule has 1 aromatic heterocycles. The number of nitrogens with zero attached hydrogens (tertiary/aromatic N) is 3. The minimum atomic E-state index is -4.51. The van der Waals surface area contributed by atoms with Crippen LogP contribution >= 0.6 is 0 Å². The zero-order valence-electron chi connectivity index (χ0n) is 13.0. The van der Waals surface area contributed by atoms with Crippen molar-refractivity contribution in [2.24, 2.45) is 0 Å². The summed E-state index contributed by atoms with van der Waals surface area (Å²) in [6, 6.07) is 9.64. The summed E-state index contributed by atoms with van der Waals surface area (Å²) in [5.74, 6) is -0.686. The first-order valence-corrected chi connectivity index (χ1v) is 7.43. The minimum Gasteiger partial charge on any atom is -0.381 e. The molecule has 0 aliphatic carbocycles. The molecule has 0 spiro atoms. The Morgan fingerprint density at radius 3 is 2.56 bits per heavy atom. The second-order valence-corrected chi connectivity index (χ2v) is 5.41. The molecule has 25 heavy (non-hydrogen) atoms. The maximum absolute atomic E-state index is 13.8. The number of nitrogens with one attached hydrogen (secondary N) is 1. The lowest BCUT2D eigenvalue weighted by Gasteiger charge is -2.14. The monoisotopic (exact) mass is 350 g/mol. The maximum atomic E-state index is 13.8. The Balaban J connectivity index is 1.78. The standard InChI is InChI=1S/C17H14F4N4/c18-15-6-5-14(17(19,20)21)7-13(15)8-23-16-4-2-1-3-12(16)9-25-11-22-10-24-25/h1-7,10-11,23H,8-9H2. The van der Waals surface area contributed by atoms with Gasteiger partial charge < -0.3 is 5.32 Å². The number of rotatable bonds is 5. The smallest absolute Gasteiger partial charge is 0.381 e. The third-order valence-corrected chi connectivity index (χ3v) is 3.66. The Bertz CT molecular complexity index is 844. The second kappa shape index (κ2) is 6.92. The van der Waals surface area contributed by atoms with E-state index in [4.69, 9.17) is 0 Å². The van der Waals surface area contributed by atoms with E-state index in [1.54, 1.807) is 23.1 Å². The van der Waals surface area contributed by atoms with Gasteiger partial charge >= 0.3 is 6.18 Å². The third kappa shape index (κ3) is 4.14. The molecule has 130 valence electrons. The highest BCUT2D eigenvalue weighted by molar-refractivity contribution is 5.51. The Hall–Kier alpha value is -2.90. The largest absolute Gasteiger partial charge is 0.416 e. The summed E-state index contributed by atoms with van der Waals surface area (Å²) in [6.07, 6.45) is -1.54. The van der Waals surface area contributed by atoms with Gasteiger partial charge in [0, 0.05) is 17.8 Å². The van der Waals surface area contributed by atoms with E-state index in [1.807, 2.05) is 12.1 Å². The second-order valence-electron chi connectivity index (χ2n) is 5.41. The fraction of sp³-hybridized carbons (Fsp3) is 0.176. The molecular formula is C17H14F4N4. The van der Waals surface area contributed by atoms with Gasteiger partial charge in [0.15, 0.2) is 0 Å². The summed E-state index contributed by atoms with van der Waals surface area (Å²) >= 11 is 0. The fourth-order valence-corrected chi connectivity index (χ4v) is 2.40. The predicted molar refractivity (Wildman–Crippen MR) is 84.3 cm³/mol. The molecule has 0 atom stereocenters. The number of benzene rings is 2. The molecule has 0 unspecified atom stereocenters. The van der Waals surface area contributed by atoms with E-state index in [-0.39, 0.29) is 12.1 Å². The van der Waals surface area contributed by atoms with Crippen LogP contribution < -0.4 is 5.32 Å². The van der Waals surface area contributed by atoms with Crippen molar-refractivity contribution in [1.29, 1.82) is 0 Å². The van der Waals surface area contributed by atoms with E-state index in [0.29, 0.717) is 12.2 Å². The first-order chi connectivity index (χ1) is 11.9. The summed E-state index contributed by atoms with van der Waals surface area (Å²) in [4.78, 5) is 3.86. The van der Waals surface area contributed by atoms with Crippen molar-refractivity contribution in [3.63, 3.8) is 0 Å². The molecule has 2 aromatic carbocycles. The third-order valence-electron chi connectivity index (χ3n) is 3.66. The molecular weight excluding hydrogens is 336 g/mol. The van der Waals surface area contributed by atoms with E-state index in [2.05, 4.69) is 15.4 Å². The van der Waals surface area contributed by atoms with Gasteiger partial charge in [-0.25, -0.2) is 14.1 Å². The molecule has 1 heterocycles. The average molecular weight is 350 g/mol. The van der Waals surface area contributed by atoms with Gasteiger partial charge in [0.2, 0.25) is 0 Å². The molecule has 1 N–H and O–H groups in total. The summed E-state index contributed by atoms with van der Waals surface area (Å²) in [5, 5.41) is 7.01. The number of hydrogen-bond acceptors (Lipinski definition) is 3. The molecule has 3 rings (SSSR count). The quantitative estimate of drug-likeness (QED) is 0.705. The average Bonchev–Trinajstić information content (AvgIpc) is 3.07. The van der Waals surface area contributed by atoms with E-state index in [0.717, 1.165) is 23.8 Å². The van der Waals surface area contributed by atoms with Crippen molar-refractivity contribution in [3.05, 3.63) is 77.6 Å². The molecule has 0 aliphatic rings. The van der Waals surface area contributed by atoms with Gasteiger partial charge in [-0.2, -0.15) is 18.3 Å².